The molecule has 2 aromatic rings. The zero-order valence-electron chi connectivity index (χ0n) is 16.1. The predicted molar refractivity (Wildman–Crippen MR) is 104 cm³/mol. The molecule has 7 nitrogen and oxygen atoms in total. The number of hydrogen-bond acceptors (Lipinski definition) is 5. The number of amides is 3. The van der Waals surface area contributed by atoms with Crippen molar-refractivity contribution in [3.05, 3.63) is 53.8 Å². The highest BCUT2D eigenvalue weighted by Gasteiger charge is 2.12. The van der Waals surface area contributed by atoms with Gasteiger partial charge < -0.3 is 14.8 Å². The highest BCUT2D eigenvalue weighted by atomic mass is 19.1. The second-order valence-electron chi connectivity index (χ2n) is 6.16. The molecule has 0 aliphatic heterocycles. The Kier molecular flexibility index (Phi) is 7.76. The Morgan fingerprint density at radius 1 is 1.07 bits per heavy atom. The smallest absolute Gasteiger partial charge is 0.326 e. The van der Waals surface area contributed by atoms with Gasteiger partial charge >= 0.3 is 6.03 Å². The van der Waals surface area contributed by atoms with E-state index in [-0.39, 0.29) is 12.2 Å². The average molecular weight is 389 g/mol. The number of methoxy groups -OCH3 is 2. The molecule has 2 aromatic carbocycles. The first kappa shape index (κ1) is 21.2. The average Bonchev–Trinajstić information content (AvgIpc) is 2.67. The summed E-state index contributed by atoms with van der Waals surface area (Å²) in [6.07, 6.45) is 0.686. The maximum Gasteiger partial charge on any atom is 0.326 e. The molecule has 0 bridgehead atoms. The van der Waals surface area contributed by atoms with Crippen LogP contribution in [-0.2, 0) is 11.2 Å². The summed E-state index contributed by atoms with van der Waals surface area (Å²) < 4.78 is 24.0. The summed E-state index contributed by atoms with van der Waals surface area (Å²) in [6.45, 7) is 0.621. The van der Waals surface area contributed by atoms with Crippen molar-refractivity contribution in [2.75, 3.05) is 39.7 Å². The number of urea groups is 1. The largest absolute Gasteiger partial charge is 0.493 e. The summed E-state index contributed by atoms with van der Waals surface area (Å²) in [5.74, 6) is 0.242. The molecular weight excluding hydrogens is 365 g/mol. The lowest BCUT2D eigenvalue weighted by molar-refractivity contribution is -0.120. The maximum absolute atomic E-state index is 13.5. The number of nitrogens with one attached hydrogen (secondary N) is 2. The second kappa shape index (κ2) is 10.3. The van der Waals surface area contributed by atoms with Gasteiger partial charge in [-0.15, -0.1) is 0 Å². The number of imide groups is 1. The van der Waals surface area contributed by atoms with E-state index in [1.807, 2.05) is 18.2 Å². The molecule has 28 heavy (non-hydrogen) atoms. The van der Waals surface area contributed by atoms with Crippen molar-refractivity contribution in [1.82, 2.24) is 10.2 Å². The Morgan fingerprint density at radius 3 is 2.46 bits per heavy atom. The number of benzene rings is 2. The minimum atomic E-state index is -0.775. The van der Waals surface area contributed by atoms with Crippen molar-refractivity contribution in [3.8, 4) is 11.5 Å². The van der Waals surface area contributed by atoms with Crippen LogP contribution in [0.25, 0.3) is 0 Å². The highest BCUT2D eigenvalue weighted by Crippen LogP contribution is 2.27. The van der Waals surface area contributed by atoms with Crippen molar-refractivity contribution in [1.29, 1.82) is 0 Å². The van der Waals surface area contributed by atoms with Gasteiger partial charge in [0.25, 0.3) is 0 Å². The summed E-state index contributed by atoms with van der Waals surface area (Å²) in [5, 5.41) is 4.49. The summed E-state index contributed by atoms with van der Waals surface area (Å²) >= 11 is 0. The van der Waals surface area contributed by atoms with Gasteiger partial charge in [0.05, 0.1) is 26.5 Å². The predicted octanol–water partition coefficient (Wildman–Crippen LogP) is 2.67. The van der Waals surface area contributed by atoms with E-state index in [1.165, 1.54) is 18.2 Å². The Morgan fingerprint density at radius 2 is 1.79 bits per heavy atom. The van der Waals surface area contributed by atoms with E-state index in [1.54, 1.807) is 32.2 Å². The molecule has 2 N–H and O–H groups in total. The lowest BCUT2D eigenvalue weighted by atomic mass is 10.1. The van der Waals surface area contributed by atoms with E-state index in [4.69, 9.17) is 9.47 Å². The third-order valence-corrected chi connectivity index (χ3v) is 4.02. The third kappa shape index (κ3) is 6.24. The van der Waals surface area contributed by atoms with Gasteiger partial charge in [0.15, 0.2) is 11.5 Å². The van der Waals surface area contributed by atoms with E-state index in [0.29, 0.717) is 24.5 Å². The summed E-state index contributed by atoms with van der Waals surface area (Å²) in [5.41, 5.74) is 1.04. The Balaban J connectivity index is 1.79. The molecule has 0 saturated carbocycles. The van der Waals surface area contributed by atoms with Crippen LogP contribution >= 0.6 is 0 Å². The fraction of sp³-hybridized carbons (Fsp3) is 0.300. The zero-order valence-corrected chi connectivity index (χ0v) is 16.1. The van der Waals surface area contributed by atoms with Gasteiger partial charge in [0, 0.05) is 6.54 Å². The molecule has 0 radical (unpaired) electrons. The first-order valence-corrected chi connectivity index (χ1v) is 8.67. The number of ether oxygens (including phenoxy) is 2. The molecule has 0 aliphatic carbocycles. The van der Waals surface area contributed by atoms with E-state index >= 15 is 0 Å². The molecule has 2 rings (SSSR count). The molecule has 0 unspecified atom stereocenters. The van der Waals surface area contributed by atoms with Crippen LogP contribution in [0.2, 0.25) is 0 Å². The minimum Gasteiger partial charge on any atom is -0.493 e. The number of anilines is 1. The fourth-order valence-electron chi connectivity index (χ4n) is 2.56. The van der Waals surface area contributed by atoms with E-state index in [0.717, 1.165) is 5.56 Å². The number of carbonyl (C=O) groups is 2. The molecule has 0 atom stereocenters. The van der Waals surface area contributed by atoms with Gasteiger partial charge in [-0.05, 0) is 43.3 Å². The van der Waals surface area contributed by atoms with Gasteiger partial charge in [0.1, 0.15) is 5.82 Å². The molecular formula is C20H24FN3O4. The number of para-hydroxylation sites is 1. The third-order valence-electron chi connectivity index (χ3n) is 4.02. The van der Waals surface area contributed by atoms with Gasteiger partial charge in [-0.2, -0.15) is 0 Å². The molecule has 0 aromatic heterocycles. The molecule has 0 fully saturated rings. The lowest BCUT2D eigenvalue weighted by Crippen LogP contribution is -2.41. The Labute approximate surface area is 163 Å². The van der Waals surface area contributed by atoms with Crippen LogP contribution < -0.4 is 20.1 Å². The monoisotopic (exact) mass is 389 g/mol. The Hall–Kier alpha value is -3.13. The lowest BCUT2D eigenvalue weighted by Gasteiger charge is -2.17. The van der Waals surface area contributed by atoms with E-state index < -0.39 is 17.8 Å². The van der Waals surface area contributed by atoms with Crippen LogP contribution in [0.5, 0.6) is 11.5 Å². The number of hydrogen-bond donors (Lipinski definition) is 2. The number of halogens is 1. The quantitative estimate of drug-likeness (QED) is 0.726. The van der Waals surface area contributed by atoms with Gasteiger partial charge in [-0.3, -0.25) is 15.0 Å². The van der Waals surface area contributed by atoms with Crippen LogP contribution in [0.3, 0.4) is 0 Å². The highest BCUT2D eigenvalue weighted by molar-refractivity contribution is 6.01. The molecule has 0 saturated heterocycles. The van der Waals surface area contributed by atoms with Crippen molar-refractivity contribution in [3.63, 3.8) is 0 Å². The molecule has 0 aliphatic rings. The van der Waals surface area contributed by atoms with Crippen LogP contribution in [0.1, 0.15) is 5.56 Å². The molecule has 3 amide bonds. The number of rotatable bonds is 8. The molecule has 0 heterocycles. The van der Waals surface area contributed by atoms with Gasteiger partial charge in [-0.1, -0.05) is 18.2 Å². The minimum absolute atomic E-state index is 0.00890. The summed E-state index contributed by atoms with van der Waals surface area (Å²) in [6, 6.07) is 10.6. The van der Waals surface area contributed by atoms with Crippen LogP contribution in [0.15, 0.2) is 42.5 Å². The normalized spacial score (nSPS) is 10.5. The topological polar surface area (TPSA) is 79.9 Å². The fourth-order valence-corrected chi connectivity index (χ4v) is 2.56. The zero-order chi connectivity index (χ0) is 20.5. The van der Waals surface area contributed by atoms with Gasteiger partial charge in [0.2, 0.25) is 5.91 Å². The second-order valence-corrected chi connectivity index (χ2v) is 6.16. The summed E-state index contributed by atoms with van der Waals surface area (Å²) in [7, 11) is 4.92. The first-order chi connectivity index (χ1) is 13.4. The van der Waals surface area contributed by atoms with Crippen molar-refractivity contribution >= 4 is 17.6 Å². The van der Waals surface area contributed by atoms with Crippen molar-refractivity contribution in [2.45, 2.75) is 6.42 Å². The molecule has 150 valence electrons. The van der Waals surface area contributed by atoms with Crippen molar-refractivity contribution < 1.29 is 23.5 Å². The molecule has 8 heteroatoms. The standard InChI is InChI=1S/C20H24FN3O4/c1-24(11-10-14-8-9-17(27-2)18(12-14)28-3)13-19(25)23-20(26)22-16-7-5-4-6-15(16)21/h4-9,12H,10-11,13H2,1-3H3,(H2,22,23,25,26). The SMILES string of the molecule is COc1ccc(CCN(C)CC(=O)NC(=O)Nc2ccccc2F)cc1OC. The maximum atomic E-state index is 13.5. The van der Waals surface area contributed by atoms with Crippen LogP contribution in [-0.4, -0.2) is 51.2 Å². The van der Waals surface area contributed by atoms with Crippen LogP contribution in [0, 0.1) is 5.82 Å². The summed E-state index contributed by atoms with van der Waals surface area (Å²) in [4.78, 5) is 25.6. The number of nitrogens with zero attached hydrogens (tertiary/aromatic N) is 1. The first-order valence-electron chi connectivity index (χ1n) is 8.67. The van der Waals surface area contributed by atoms with Crippen LogP contribution in [0.4, 0.5) is 14.9 Å². The van der Waals surface area contributed by atoms with Crippen molar-refractivity contribution in [2.24, 2.45) is 0 Å². The van der Waals surface area contributed by atoms with E-state index in [9.17, 15) is 14.0 Å². The Bertz CT molecular complexity index is 829. The number of likely N-dealkylation sites (N-methyl/N-ethyl adjacent to an activating group) is 1. The van der Waals surface area contributed by atoms with E-state index in [2.05, 4.69) is 10.6 Å². The molecule has 0 spiro atoms. The number of carbonyl (C=O) groups excluding carboxylic acids is 2. The van der Waals surface area contributed by atoms with Gasteiger partial charge in [-0.25, -0.2) is 9.18 Å².